The van der Waals surface area contributed by atoms with Crippen LogP contribution in [0, 0.1) is 0 Å². The second-order valence-corrected chi connectivity index (χ2v) is 6.05. The normalized spacial score (nSPS) is 17.8. The van der Waals surface area contributed by atoms with Gasteiger partial charge in [0.05, 0.1) is 18.4 Å². The van der Waals surface area contributed by atoms with E-state index in [2.05, 4.69) is 10.6 Å². The largest absolute Gasteiger partial charge is 0.337 e. The molecule has 0 fully saturated rings. The Morgan fingerprint density at radius 2 is 1.24 bits per heavy atom. The first-order valence-corrected chi connectivity index (χ1v) is 6.56. The monoisotopic (exact) mass is 322 g/mol. The first-order valence-electron chi connectivity index (χ1n) is 4.73. The van der Waals surface area contributed by atoms with Crippen molar-refractivity contribution in [3.8, 4) is 0 Å². The van der Waals surface area contributed by atoms with Gasteiger partial charge in [0.15, 0.2) is 0 Å². The summed E-state index contributed by atoms with van der Waals surface area (Å²) in [5.41, 5.74) is 0. The van der Waals surface area contributed by atoms with Crippen LogP contribution in [0.1, 0.15) is 13.8 Å². The summed E-state index contributed by atoms with van der Waals surface area (Å²) in [7, 11) is 0. The van der Waals surface area contributed by atoms with Gasteiger partial charge in [-0.1, -0.05) is 0 Å². The van der Waals surface area contributed by atoms with E-state index in [1.807, 2.05) is 0 Å². The molecule has 0 saturated heterocycles. The van der Waals surface area contributed by atoms with Crippen molar-refractivity contribution in [2.75, 3.05) is 18.4 Å². The molecule has 2 amide bonds. The van der Waals surface area contributed by atoms with Gasteiger partial charge in [0.1, 0.15) is 9.75 Å². The molecule has 0 rings (SSSR count). The lowest BCUT2D eigenvalue weighted by molar-refractivity contribution is -0.124. The van der Waals surface area contributed by atoms with Gasteiger partial charge in [0.25, 0.3) is 0 Å². The highest BCUT2D eigenvalue weighted by atomic mass is 35.5. The zero-order valence-corrected chi connectivity index (χ0v) is 12.5. The van der Waals surface area contributed by atoms with Crippen LogP contribution in [-0.2, 0) is 9.59 Å². The summed E-state index contributed by atoms with van der Waals surface area (Å²) in [6.07, 6.45) is 0. The molecule has 0 unspecified atom stereocenters. The zero-order chi connectivity index (χ0) is 13.7. The van der Waals surface area contributed by atoms with Crippen molar-refractivity contribution in [1.82, 2.24) is 10.6 Å². The standard InChI is InChI=1S/C9H14Cl4N2O2/c1-8(12,3-10)6(16)14-5-15-7(17)9(2,13)4-11/h3-5H2,1-2H3,(H,14,16)(H,15,17)/t8-,9-/m0/s1. The van der Waals surface area contributed by atoms with Crippen LogP contribution in [0.25, 0.3) is 0 Å². The Labute approximate surface area is 120 Å². The molecule has 0 aliphatic carbocycles. The number of hydrogen-bond donors (Lipinski definition) is 2. The van der Waals surface area contributed by atoms with E-state index in [0.717, 1.165) is 0 Å². The van der Waals surface area contributed by atoms with E-state index >= 15 is 0 Å². The molecule has 100 valence electrons. The maximum atomic E-state index is 11.5. The molecular formula is C9H14Cl4N2O2. The summed E-state index contributed by atoms with van der Waals surface area (Å²) in [6, 6.07) is 0. The van der Waals surface area contributed by atoms with Gasteiger partial charge in [0.2, 0.25) is 11.8 Å². The molecule has 0 aliphatic heterocycles. The van der Waals surface area contributed by atoms with Crippen molar-refractivity contribution < 1.29 is 9.59 Å². The van der Waals surface area contributed by atoms with Crippen molar-refractivity contribution >= 4 is 58.2 Å². The van der Waals surface area contributed by atoms with Gasteiger partial charge in [0, 0.05) is 0 Å². The SMILES string of the molecule is C[C@](Cl)(CCl)C(=O)NCNC(=O)[C@@](C)(Cl)CCl. The molecule has 0 saturated carbocycles. The van der Waals surface area contributed by atoms with Crippen LogP contribution in [0.4, 0.5) is 0 Å². The Bertz CT molecular complexity index is 267. The molecule has 0 aromatic carbocycles. The Morgan fingerprint density at radius 3 is 1.47 bits per heavy atom. The molecule has 8 heteroatoms. The van der Waals surface area contributed by atoms with Crippen LogP contribution in [0.2, 0.25) is 0 Å². The molecular weight excluding hydrogens is 310 g/mol. The van der Waals surface area contributed by atoms with E-state index in [-0.39, 0.29) is 18.4 Å². The summed E-state index contributed by atoms with van der Waals surface area (Å²) in [4.78, 5) is 20.5. The molecule has 0 aromatic rings. The number of carbonyl (C=O) groups excluding carboxylic acids is 2. The van der Waals surface area contributed by atoms with E-state index < -0.39 is 21.6 Å². The van der Waals surface area contributed by atoms with Gasteiger partial charge in [-0.3, -0.25) is 9.59 Å². The predicted octanol–water partition coefficient (Wildman–Crippen LogP) is 1.65. The number of hydrogen-bond acceptors (Lipinski definition) is 2. The van der Waals surface area contributed by atoms with Crippen molar-refractivity contribution in [2.24, 2.45) is 0 Å². The fraction of sp³-hybridized carbons (Fsp3) is 0.778. The molecule has 0 radical (unpaired) electrons. The lowest BCUT2D eigenvalue weighted by Crippen LogP contribution is -2.50. The van der Waals surface area contributed by atoms with Crippen LogP contribution in [0.3, 0.4) is 0 Å². The van der Waals surface area contributed by atoms with Crippen molar-refractivity contribution in [3.05, 3.63) is 0 Å². The summed E-state index contributed by atoms with van der Waals surface area (Å²) in [5, 5.41) is 4.82. The number of carbonyl (C=O) groups is 2. The number of alkyl halides is 4. The molecule has 0 bridgehead atoms. The lowest BCUT2D eigenvalue weighted by atomic mass is 10.2. The van der Waals surface area contributed by atoms with Gasteiger partial charge in [-0.25, -0.2) is 0 Å². The van der Waals surface area contributed by atoms with Crippen molar-refractivity contribution in [1.29, 1.82) is 0 Å². The molecule has 2 N–H and O–H groups in total. The van der Waals surface area contributed by atoms with Gasteiger partial charge in [-0.15, -0.1) is 46.4 Å². The molecule has 0 spiro atoms. The Kier molecular flexibility index (Phi) is 6.92. The molecule has 0 aromatic heterocycles. The highest BCUT2D eigenvalue weighted by Gasteiger charge is 2.31. The topological polar surface area (TPSA) is 58.2 Å². The van der Waals surface area contributed by atoms with Gasteiger partial charge in [-0.05, 0) is 13.8 Å². The van der Waals surface area contributed by atoms with Gasteiger partial charge in [-0.2, -0.15) is 0 Å². The third-order valence-corrected chi connectivity index (χ3v) is 3.90. The second-order valence-electron chi connectivity index (χ2n) is 3.85. The van der Waals surface area contributed by atoms with Crippen LogP contribution < -0.4 is 10.6 Å². The minimum Gasteiger partial charge on any atom is -0.337 e. The number of halogens is 4. The quantitative estimate of drug-likeness (QED) is 0.577. The van der Waals surface area contributed by atoms with Crippen LogP contribution in [-0.4, -0.2) is 40.0 Å². The van der Waals surface area contributed by atoms with E-state index in [4.69, 9.17) is 46.4 Å². The third kappa shape index (κ3) is 5.51. The number of amides is 2. The van der Waals surface area contributed by atoms with E-state index in [9.17, 15) is 9.59 Å². The Hall–Kier alpha value is 0.1000. The zero-order valence-electron chi connectivity index (χ0n) is 9.45. The summed E-state index contributed by atoms with van der Waals surface area (Å²) in [5.74, 6) is -1.03. The molecule has 2 atom stereocenters. The molecule has 4 nitrogen and oxygen atoms in total. The molecule has 17 heavy (non-hydrogen) atoms. The minimum absolute atomic E-state index is 0.0385. The van der Waals surface area contributed by atoms with Gasteiger partial charge >= 0.3 is 0 Å². The first kappa shape index (κ1) is 17.1. The number of rotatable bonds is 6. The smallest absolute Gasteiger partial charge is 0.243 e. The minimum atomic E-state index is -1.21. The Morgan fingerprint density at radius 1 is 0.941 bits per heavy atom. The maximum absolute atomic E-state index is 11.5. The van der Waals surface area contributed by atoms with Crippen molar-refractivity contribution in [3.63, 3.8) is 0 Å². The predicted molar refractivity (Wildman–Crippen MR) is 71.1 cm³/mol. The van der Waals surface area contributed by atoms with Gasteiger partial charge < -0.3 is 10.6 Å². The highest BCUT2D eigenvalue weighted by Crippen LogP contribution is 2.16. The summed E-state index contributed by atoms with van der Waals surface area (Å²) in [6.45, 7) is 2.86. The average Bonchev–Trinajstić information content (AvgIpc) is 2.28. The molecule has 0 aliphatic rings. The van der Waals surface area contributed by atoms with Crippen LogP contribution in [0.5, 0.6) is 0 Å². The van der Waals surface area contributed by atoms with Crippen LogP contribution >= 0.6 is 46.4 Å². The van der Waals surface area contributed by atoms with E-state index in [1.54, 1.807) is 0 Å². The first-order chi connectivity index (χ1) is 7.67. The second kappa shape index (κ2) is 6.88. The fourth-order valence-electron chi connectivity index (χ4n) is 0.695. The summed E-state index contributed by atoms with van der Waals surface area (Å²) < 4.78 is 0. The average molecular weight is 324 g/mol. The summed E-state index contributed by atoms with van der Waals surface area (Å²) >= 11 is 22.6. The number of nitrogens with one attached hydrogen (secondary N) is 2. The fourth-order valence-corrected chi connectivity index (χ4v) is 1.07. The van der Waals surface area contributed by atoms with Crippen molar-refractivity contribution in [2.45, 2.75) is 23.6 Å². The maximum Gasteiger partial charge on any atom is 0.243 e. The third-order valence-electron chi connectivity index (χ3n) is 1.95. The highest BCUT2D eigenvalue weighted by molar-refractivity contribution is 6.40. The lowest BCUT2D eigenvalue weighted by Gasteiger charge is -2.21. The van der Waals surface area contributed by atoms with E-state index in [1.165, 1.54) is 13.8 Å². The Balaban J connectivity index is 4.10. The molecule has 0 heterocycles. The van der Waals surface area contributed by atoms with Crippen LogP contribution in [0.15, 0.2) is 0 Å². The van der Waals surface area contributed by atoms with E-state index in [0.29, 0.717) is 0 Å².